The lowest BCUT2D eigenvalue weighted by Gasteiger charge is -2.15. The number of hydrogen-bond donors (Lipinski definition) is 3. The number of carbonyl (C=O) groups is 1. The average molecular weight is 291 g/mol. The Kier molecular flexibility index (Phi) is 4.61. The predicted molar refractivity (Wildman–Crippen MR) is 80.0 cm³/mol. The molecule has 1 atom stereocenters. The molecule has 0 aliphatic heterocycles. The van der Waals surface area contributed by atoms with Gasteiger partial charge in [0.25, 0.3) is 0 Å². The fourth-order valence-corrected chi connectivity index (χ4v) is 2.07. The van der Waals surface area contributed by atoms with Crippen molar-refractivity contribution in [2.45, 2.75) is 5.92 Å². The van der Waals surface area contributed by atoms with E-state index in [1.807, 2.05) is 30.3 Å². The Bertz CT molecular complexity index is 602. The predicted octanol–water partition coefficient (Wildman–Crippen LogP) is 2.73. The topological polar surface area (TPSA) is 75.4 Å². The molecular weight excluding hydrogens is 276 g/mol. The van der Waals surface area contributed by atoms with Crippen LogP contribution in [0, 0.1) is 0 Å². The first-order valence-electron chi connectivity index (χ1n) is 6.16. The minimum absolute atomic E-state index is 0.0249. The summed E-state index contributed by atoms with van der Waals surface area (Å²) >= 11 is 5.80. The average Bonchev–Trinajstić information content (AvgIpc) is 2.45. The van der Waals surface area contributed by atoms with Crippen LogP contribution < -0.4 is 11.1 Å². The number of hydrogen-bond acceptors (Lipinski definition) is 3. The van der Waals surface area contributed by atoms with E-state index in [9.17, 15) is 9.90 Å². The highest BCUT2D eigenvalue weighted by atomic mass is 35.5. The molecule has 0 aliphatic carbocycles. The molecule has 0 saturated heterocycles. The smallest absolute Gasteiger partial charge is 0.233 e. The lowest BCUT2D eigenvalue weighted by molar-refractivity contribution is -0.117. The summed E-state index contributed by atoms with van der Waals surface area (Å²) in [4.78, 5) is 12.2. The van der Waals surface area contributed by atoms with Crippen LogP contribution in [-0.2, 0) is 4.79 Å². The summed E-state index contributed by atoms with van der Waals surface area (Å²) in [5.74, 6) is -0.660. The maximum Gasteiger partial charge on any atom is 0.233 e. The molecule has 4 N–H and O–H groups in total. The highest BCUT2D eigenvalue weighted by Crippen LogP contribution is 2.27. The minimum Gasteiger partial charge on any atom is -0.506 e. The van der Waals surface area contributed by atoms with Gasteiger partial charge in [-0.2, -0.15) is 0 Å². The van der Waals surface area contributed by atoms with E-state index in [2.05, 4.69) is 5.32 Å². The zero-order valence-corrected chi connectivity index (χ0v) is 11.5. The Morgan fingerprint density at radius 2 is 1.95 bits per heavy atom. The summed E-state index contributed by atoms with van der Waals surface area (Å²) in [7, 11) is 0. The van der Waals surface area contributed by atoms with Crippen LogP contribution >= 0.6 is 11.6 Å². The Hall–Kier alpha value is -2.04. The molecule has 0 heterocycles. The zero-order chi connectivity index (χ0) is 14.5. The van der Waals surface area contributed by atoms with Gasteiger partial charge in [0.2, 0.25) is 5.91 Å². The second kappa shape index (κ2) is 6.41. The van der Waals surface area contributed by atoms with Crippen molar-refractivity contribution in [1.29, 1.82) is 0 Å². The number of anilines is 1. The van der Waals surface area contributed by atoms with Crippen LogP contribution in [0.5, 0.6) is 5.75 Å². The van der Waals surface area contributed by atoms with Crippen LogP contribution in [-0.4, -0.2) is 17.6 Å². The van der Waals surface area contributed by atoms with Gasteiger partial charge in [-0.25, -0.2) is 0 Å². The number of phenolic OH excluding ortho intramolecular Hbond substituents is 1. The van der Waals surface area contributed by atoms with E-state index in [1.165, 1.54) is 12.1 Å². The number of nitrogens with one attached hydrogen (secondary N) is 1. The third kappa shape index (κ3) is 3.29. The van der Waals surface area contributed by atoms with Gasteiger partial charge in [0.05, 0.1) is 10.9 Å². The first kappa shape index (κ1) is 14.4. The first-order chi connectivity index (χ1) is 9.61. The van der Waals surface area contributed by atoms with Gasteiger partial charge < -0.3 is 16.2 Å². The molecule has 0 aliphatic rings. The van der Waals surface area contributed by atoms with Gasteiger partial charge in [-0.15, -0.1) is 0 Å². The van der Waals surface area contributed by atoms with E-state index in [0.29, 0.717) is 5.69 Å². The van der Waals surface area contributed by atoms with Gasteiger partial charge in [-0.05, 0) is 23.8 Å². The number of phenols is 1. The summed E-state index contributed by atoms with van der Waals surface area (Å²) in [5, 5.41) is 12.3. The Morgan fingerprint density at radius 3 is 2.55 bits per heavy atom. The van der Waals surface area contributed by atoms with Crippen molar-refractivity contribution in [3.8, 4) is 5.75 Å². The van der Waals surface area contributed by atoms with Crippen LogP contribution in [0.25, 0.3) is 0 Å². The highest BCUT2D eigenvalue weighted by Gasteiger charge is 2.19. The van der Waals surface area contributed by atoms with Crippen LogP contribution in [0.2, 0.25) is 5.02 Å². The summed E-state index contributed by atoms with van der Waals surface area (Å²) in [6, 6.07) is 13.8. The van der Waals surface area contributed by atoms with Gasteiger partial charge in [0.1, 0.15) is 5.75 Å². The van der Waals surface area contributed by atoms with Crippen LogP contribution in [0.15, 0.2) is 48.5 Å². The highest BCUT2D eigenvalue weighted by molar-refractivity contribution is 6.32. The van der Waals surface area contributed by atoms with E-state index in [4.69, 9.17) is 17.3 Å². The van der Waals surface area contributed by atoms with E-state index in [0.717, 1.165) is 5.56 Å². The lowest BCUT2D eigenvalue weighted by atomic mass is 9.98. The van der Waals surface area contributed by atoms with Crippen molar-refractivity contribution in [2.75, 3.05) is 11.9 Å². The maximum atomic E-state index is 12.2. The third-order valence-electron chi connectivity index (χ3n) is 2.97. The van der Waals surface area contributed by atoms with Gasteiger partial charge >= 0.3 is 0 Å². The normalized spacial score (nSPS) is 11.9. The van der Waals surface area contributed by atoms with Gasteiger partial charge in [0, 0.05) is 12.2 Å². The number of benzene rings is 2. The number of nitrogens with two attached hydrogens (primary N) is 1. The Balaban J connectivity index is 2.15. The zero-order valence-electron chi connectivity index (χ0n) is 10.7. The third-order valence-corrected chi connectivity index (χ3v) is 3.27. The number of carbonyl (C=O) groups excluding carboxylic acids is 1. The number of rotatable bonds is 4. The lowest BCUT2D eigenvalue weighted by Crippen LogP contribution is -2.27. The van der Waals surface area contributed by atoms with E-state index < -0.39 is 5.92 Å². The maximum absolute atomic E-state index is 12.2. The fourth-order valence-electron chi connectivity index (χ4n) is 1.89. The fraction of sp³-hybridized carbons (Fsp3) is 0.133. The molecule has 1 amide bonds. The van der Waals surface area contributed by atoms with Crippen LogP contribution in [0.1, 0.15) is 11.5 Å². The van der Waals surface area contributed by atoms with E-state index in [-0.39, 0.29) is 23.2 Å². The monoisotopic (exact) mass is 290 g/mol. The van der Waals surface area contributed by atoms with Crippen molar-refractivity contribution in [1.82, 2.24) is 0 Å². The molecule has 2 aromatic rings. The molecule has 2 rings (SSSR count). The standard InChI is InChI=1S/C15H15ClN2O2/c16-13-8-11(6-7-14(13)19)18-15(20)12(9-17)10-4-2-1-3-5-10/h1-8,12,19H,9,17H2,(H,18,20). The molecule has 4 nitrogen and oxygen atoms in total. The number of halogens is 1. The van der Waals surface area contributed by atoms with E-state index in [1.54, 1.807) is 6.07 Å². The summed E-state index contributed by atoms with van der Waals surface area (Å²) in [6.45, 7) is 0.210. The SMILES string of the molecule is NCC(C(=O)Nc1ccc(O)c(Cl)c1)c1ccccc1. The van der Waals surface area contributed by atoms with Crippen LogP contribution in [0.3, 0.4) is 0 Å². The molecule has 0 saturated carbocycles. The summed E-state index contributed by atoms with van der Waals surface area (Å²) in [6.07, 6.45) is 0. The van der Waals surface area contributed by atoms with Crippen molar-refractivity contribution in [2.24, 2.45) is 5.73 Å². The Labute approximate surface area is 122 Å². The van der Waals surface area contributed by atoms with Crippen LogP contribution in [0.4, 0.5) is 5.69 Å². The quantitative estimate of drug-likeness (QED) is 0.758. The molecule has 0 aromatic heterocycles. The molecule has 0 bridgehead atoms. The van der Waals surface area contributed by atoms with Crippen molar-refractivity contribution in [3.63, 3.8) is 0 Å². The molecule has 0 spiro atoms. The van der Waals surface area contributed by atoms with Gasteiger partial charge in [-0.1, -0.05) is 41.9 Å². The summed E-state index contributed by atoms with van der Waals surface area (Å²) in [5.41, 5.74) is 7.07. The van der Waals surface area contributed by atoms with Gasteiger partial charge in [0.15, 0.2) is 0 Å². The number of amides is 1. The molecule has 5 heteroatoms. The Morgan fingerprint density at radius 1 is 1.25 bits per heavy atom. The molecule has 0 radical (unpaired) electrons. The molecular formula is C15H15ClN2O2. The molecule has 20 heavy (non-hydrogen) atoms. The second-order valence-electron chi connectivity index (χ2n) is 4.35. The van der Waals surface area contributed by atoms with Crippen molar-refractivity contribution in [3.05, 3.63) is 59.1 Å². The molecule has 2 aromatic carbocycles. The second-order valence-corrected chi connectivity index (χ2v) is 4.76. The minimum atomic E-state index is -0.427. The van der Waals surface area contributed by atoms with E-state index >= 15 is 0 Å². The van der Waals surface area contributed by atoms with Crippen molar-refractivity contribution >= 4 is 23.2 Å². The molecule has 1 unspecified atom stereocenters. The summed E-state index contributed by atoms with van der Waals surface area (Å²) < 4.78 is 0. The molecule has 0 fully saturated rings. The first-order valence-corrected chi connectivity index (χ1v) is 6.54. The van der Waals surface area contributed by atoms with Crippen molar-refractivity contribution < 1.29 is 9.90 Å². The molecule has 104 valence electrons. The number of aromatic hydroxyl groups is 1. The van der Waals surface area contributed by atoms with Gasteiger partial charge in [-0.3, -0.25) is 4.79 Å². The largest absolute Gasteiger partial charge is 0.506 e.